The van der Waals surface area contributed by atoms with Gasteiger partial charge in [0.05, 0.1) is 10.7 Å². The molecule has 0 fully saturated rings. The largest absolute Gasteiger partial charge is 0.482 e. The Balaban J connectivity index is 1.86. The lowest BCUT2D eigenvalue weighted by Gasteiger charge is -2.07. The first kappa shape index (κ1) is 18.3. The third-order valence-electron chi connectivity index (χ3n) is 3.12. The number of nitrogens with zero attached hydrogens (tertiary/aromatic N) is 2. The molecule has 0 radical (unpaired) electrons. The molecule has 0 aliphatic carbocycles. The predicted molar refractivity (Wildman–Crippen MR) is 94.9 cm³/mol. The van der Waals surface area contributed by atoms with Crippen LogP contribution in [0.4, 0.5) is 0 Å². The SMILES string of the molecule is C/C(=N/NC(=O)COc1ccccc1Cl)c1ccc(OCC#N)cc1. The van der Waals surface area contributed by atoms with E-state index in [4.69, 9.17) is 26.3 Å². The molecule has 0 heterocycles. The van der Waals surface area contributed by atoms with Gasteiger partial charge in [-0.05, 0) is 48.9 Å². The second-order valence-electron chi connectivity index (χ2n) is 4.92. The molecule has 6 nitrogen and oxygen atoms in total. The van der Waals surface area contributed by atoms with E-state index in [-0.39, 0.29) is 13.2 Å². The lowest BCUT2D eigenvalue weighted by Crippen LogP contribution is -2.25. The highest BCUT2D eigenvalue weighted by molar-refractivity contribution is 6.32. The fourth-order valence-corrected chi connectivity index (χ4v) is 2.05. The topological polar surface area (TPSA) is 83.7 Å². The number of amides is 1. The van der Waals surface area contributed by atoms with E-state index in [1.165, 1.54) is 0 Å². The summed E-state index contributed by atoms with van der Waals surface area (Å²) in [5, 5.41) is 12.9. The molecule has 1 amide bonds. The number of ether oxygens (including phenoxy) is 2. The number of hydrazone groups is 1. The van der Waals surface area contributed by atoms with Crippen LogP contribution in [0.2, 0.25) is 5.02 Å². The normalized spacial score (nSPS) is 10.7. The van der Waals surface area contributed by atoms with Crippen LogP contribution in [0.3, 0.4) is 0 Å². The minimum Gasteiger partial charge on any atom is -0.482 e. The van der Waals surface area contributed by atoms with Gasteiger partial charge < -0.3 is 9.47 Å². The number of nitriles is 1. The number of para-hydroxylation sites is 1. The summed E-state index contributed by atoms with van der Waals surface area (Å²) in [6.07, 6.45) is 0. The van der Waals surface area contributed by atoms with Crippen LogP contribution in [-0.2, 0) is 4.79 Å². The fourth-order valence-electron chi connectivity index (χ4n) is 1.86. The van der Waals surface area contributed by atoms with Crippen LogP contribution in [0.25, 0.3) is 0 Å². The molecule has 0 saturated carbocycles. The minimum absolute atomic E-state index is 0.00605. The molecule has 0 bridgehead atoms. The molecule has 0 unspecified atom stereocenters. The zero-order chi connectivity index (χ0) is 18.1. The highest BCUT2D eigenvalue weighted by atomic mass is 35.5. The number of benzene rings is 2. The molecule has 0 aliphatic heterocycles. The Hall–Kier alpha value is -3.04. The molecular weight excluding hydrogens is 342 g/mol. The highest BCUT2D eigenvalue weighted by Crippen LogP contribution is 2.22. The van der Waals surface area contributed by atoms with Crippen molar-refractivity contribution >= 4 is 23.2 Å². The second-order valence-corrected chi connectivity index (χ2v) is 5.33. The van der Waals surface area contributed by atoms with Crippen LogP contribution in [0, 0.1) is 11.3 Å². The molecule has 0 saturated heterocycles. The Morgan fingerprint density at radius 3 is 2.60 bits per heavy atom. The molecule has 2 aromatic rings. The van der Waals surface area contributed by atoms with Crippen molar-refractivity contribution in [2.75, 3.05) is 13.2 Å². The van der Waals surface area contributed by atoms with Crippen molar-refractivity contribution in [1.82, 2.24) is 5.43 Å². The van der Waals surface area contributed by atoms with E-state index in [0.29, 0.717) is 22.2 Å². The lowest BCUT2D eigenvalue weighted by atomic mass is 10.1. The van der Waals surface area contributed by atoms with Gasteiger partial charge in [0.1, 0.15) is 17.6 Å². The van der Waals surface area contributed by atoms with Crippen molar-refractivity contribution in [2.45, 2.75) is 6.92 Å². The summed E-state index contributed by atoms with van der Waals surface area (Å²) in [4.78, 5) is 11.8. The third kappa shape index (κ3) is 5.83. The van der Waals surface area contributed by atoms with Gasteiger partial charge in [0, 0.05) is 0 Å². The van der Waals surface area contributed by atoms with E-state index >= 15 is 0 Å². The molecule has 0 spiro atoms. The number of hydrogen-bond donors (Lipinski definition) is 1. The maximum Gasteiger partial charge on any atom is 0.277 e. The van der Waals surface area contributed by atoms with Crippen LogP contribution in [0.1, 0.15) is 12.5 Å². The summed E-state index contributed by atoms with van der Waals surface area (Å²) in [5.74, 6) is 0.636. The lowest BCUT2D eigenvalue weighted by molar-refractivity contribution is -0.123. The Morgan fingerprint density at radius 1 is 1.20 bits per heavy atom. The number of halogens is 1. The monoisotopic (exact) mass is 357 g/mol. The number of carbonyl (C=O) groups is 1. The minimum atomic E-state index is -0.395. The Bertz CT molecular complexity index is 798. The van der Waals surface area contributed by atoms with Crippen molar-refractivity contribution in [1.29, 1.82) is 5.26 Å². The quantitative estimate of drug-likeness (QED) is 0.609. The van der Waals surface area contributed by atoms with Crippen LogP contribution in [0.5, 0.6) is 11.5 Å². The second kappa shape index (κ2) is 9.30. The molecule has 25 heavy (non-hydrogen) atoms. The van der Waals surface area contributed by atoms with E-state index in [9.17, 15) is 4.79 Å². The van der Waals surface area contributed by atoms with Crippen molar-refractivity contribution in [3.63, 3.8) is 0 Å². The summed E-state index contributed by atoms with van der Waals surface area (Å²) in [5.41, 5.74) is 3.87. The molecule has 128 valence electrons. The number of nitrogens with one attached hydrogen (secondary N) is 1. The molecule has 7 heteroatoms. The van der Waals surface area contributed by atoms with Gasteiger partial charge in [-0.2, -0.15) is 10.4 Å². The average molecular weight is 358 g/mol. The van der Waals surface area contributed by atoms with Crippen LogP contribution in [-0.4, -0.2) is 24.8 Å². The first-order valence-corrected chi connectivity index (χ1v) is 7.78. The van der Waals surface area contributed by atoms with Gasteiger partial charge in [-0.3, -0.25) is 4.79 Å². The maximum absolute atomic E-state index is 11.8. The Labute approximate surface area is 150 Å². The van der Waals surface area contributed by atoms with Gasteiger partial charge in [-0.25, -0.2) is 5.43 Å². The van der Waals surface area contributed by atoms with E-state index in [2.05, 4.69) is 10.5 Å². The maximum atomic E-state index is 11.8. The smallest absolute Gasteiger partial charge is 0.277 e. The van der Waals surface area contributed by atoms with Gasteiger partial charge >= 0.3 is 0 Å². The van der Waals surface area contributed by atoms with Crippen LogP contribution < -0.4 is 14.9 Å². The third-order valence-corrected chi connectivity index (χ3v) is 3.43. The first-order valence-electron chi connectivity index (χ1n) is 7.41. The number of rotatable bonds is 7. The van der Waals surface area contributed by atoms with Crippen molar-refractivity contribution in [2.24, 2.45) is 5.10 Å². The van der Waals surface area contributed by atoms with Gasteiger partial charge in [0.15, 0.2) is 13.2 Å². The van der Waals surface area contributed by atoms with Gasteiger partial charge in [-0.1, -0.05) is 23.7 Å². The standard InChI is InChI=1S/C18H16ClN3O3/c1-13(14-6-8-15(9-7-14)24-11-10-20)21-22-18(23)12-25-17-5-3-2-4-16(17)19/h2-9H,11-12H2,1H3,(H,22,23)/b21-13-. The van der Waals surface area contributed by atoms with Crippen molar-refractivity contribution < 1.29 is 14.3 Å². The van der Waals surface area contributed by atoms with E-state index in [1.54, 1.807) is 55.5 Å². The molecule has 0 atom stereocenters. The Morgan fingerprint density at radius 2 is 1.92 bits per heavy atom. The summed E-state index contributed by atoms with van der Waals surface area (Å²) in [7, 11) is 0. The van der Waals surface area contributed by atoms with E-state index in [0.717, 1.165) is 5.56 Å². The van der Waals surface area contributed by atoms with Gasteiger partial charge in [0.2, 0.25) is 0 Å². The molecule has 2 rings (SSSR count). The predicted octanol–water partition coefficient (Wildman–Crippen LogP) is 3.16. The van der Waals surface area contributed by atoms with Crippen LogP contribution in [0.15, 0.2) is 53.6 Å². The van der Waals surface area contributed by atoms with Crippen molar-refractivity contribution in [3.05, 3.63) is 59.1 Å². The summed E-state index contributed by atoms with van der Waals surface area (Å²) in [6.45, 7) is 1.57. The zero-order valence-electron chi connectivity index (χ0n) is 13.5. The van der Waals surface area contributed by atoms with Gasteiger partial charge in [0.25, 0.3) is 5.91 Å². The van der Waals surface area contributed by atoms with E-state index < -0.39 is 5.91 Å². The average Bonchev–Trinajstić information content (AvgIpc) is 2.64. The number of hydrogen-bond acceptors (Lipinski definition) is 5. The molecule has 0 aliphatic rings. The van der Waals surface area contributed by atoms with Gasteiger partial charge in [-0.15, -0.1) is 0 Å². The highest BCUT2D eigenvalue weighted by Gasteiger charge is 2.05. The van der Waals surface area contributed by atoms with E-state index in [1.807, 2.05) is 6.07 Å². The summed E-state index contributed by atoms with van der Waals surface area (Å²) in [6, 6.07) is 15.8. The molecule has 2 aromatic carbocycles. The van der Waals surface area contributed by atoms with Crippen LogP contribution >= 0.6 is 11.6 Å². The molecule has 1 N–H and O–H groups in total. The Kier molecular flexibility index (Phi) is 6.81. The molecular formula is C18H16ClN3O3. The molecule has 0 aromatic heterocycles. The summed E-state index contributed by atoms with van der Waals surface area (Å²) >= 11 is 5.95. The fraction of sp³-hybridized carbons (Fsp3) is 0.167. The first-order chi connectivity index (χ1) is 12.1. The number of carbonyl (C=O) groups excluding carboxylic acids is 1. The zero-order valence-corrected chi connectivity index (χ0v) is 14.3. The van der Waals surface area contributed by atoms with Crippen molar-refractivity contribution in [3.8, 4) is 17.6 Å². The summed E-state index contributed by atoms with van der Waals surface area (Å²) < 4.78 is 10.5.